The highest BCUT2D eigenvalue weighted by molar-refractivity contribution is 6.30. The fourth-order valence-corrected chi connectivity index (χ4v) is 4.10. The van der Waals surface area contributed by atoms with Crippen molar-refractivity contribution in [3.8, 4) is 11.3 Å². The molecule has 172 valence electrons. The summed E-state index contributed by atoms with van der Waals surface area (Å²) < 4.78 is 1.64. The predicted octanol–water partition coefficient (Wildman–Crippen LogP) is 2.72. The smallest absolute Gasteiger partial charge is 0.321 e. The van der Waals surface area contributed by atoms with Gasteiger partial charge in [0.05, 0.1) is 11.9 Å². The monoisotopic (exact) mass is 469 g/mol. The molecule has 0 atom stereocenters. The van der Waals surface area contributed by atoms with E-state index in [4.69, 9.17) is 22.3 Å². The Balaban J connectivity index is 1.52. The number of benzene rings is 1. The van der Waals surface area contributed by atoms with Gasteiger partial charge in [-0.15, -0.1) is 0 Å². The first-order chi connectivity index (χ1) is 15.8. The van der Waals surface area contributed by atoms with Gasteiger partial charge in [0.2, 0.25) is 5.91 Å². The van der Waals surface area contributed by atoms with Crippen molar-refractivity contribution >= 4 is 40.9 Å². The van der Waals surface area contributed by atoms with Gasteiger partial charge in [-0.3, -0.25) is 19.3 Å². The van der Waals surface area contributed by atoms with Crippen molar-refractivity contribution in [3.05, 3.63) is 47.4 Å². The number of nitrogens with zero attached hydrogens (tertiary/aromatic N) is 3. The van der Waals surface area contributed by atoms with Gasteiger partial charge in [-0.1, -0.05) is 23.7 Å². The Kier molecular flexibility index (Phi) is 6.45. The van der Waals surface area contributed by atoms with Gasteiger partial charge in [0, 0.05) is 35.8 Å². The Morgan fingerprint density at radius 2 is 1.76 bits per heavy atom. The van der Waals surface area contributed by atoms with Gasteiger partial charge in [0.15, 0.2) is 11.5 Å². The lowest BCUT2D eigenvalue weighted by Gasteiger charge is -2.29. The molecule has 10 nitrogen and oxygen atoms in total. The van der Waals surface area contributed by atoms with Gasteiger partial charge in [-0.2, -0.15) is 0 Å². The average molecular weight is 470 g/mol. The number of nitrogens with one attached hydrogen (secondary N) is 3. The molecule has 0 bridgehead atoms. The van der Waals surface area contributed by atoms with E-state index in [1.807, 2.05) is 12.1 Å². The summed E-state index contributed by atoms with van der Waals surface area (Å²) in [6.45, 7) is 1.30. The molecule has 1 aliphatic rings. The van der Waals surface area contributed by atoms with Crippen LogP contribution in [0.25, 0.3) is 16.9 Å². The Hall–Kier alpha value is -3.66. The van der Waals surface area contributed by atoms with Crippen LogP contribution in [-0.2, 0) is 4.79 Å². The highest BCUT2D eigenvalue weighted by Crippen LogP contribution is 2.27. The van der Waals surface area contributed by atoms with E-state index in [2.05, 4.69) is 20.9 Å². The summed E-state index contributed by atoms with van der Waals surface area (Å²) in [5, 5.41) is 9.08. The number of carbonyl (C=O) groups excluding carboxylic acids is 3. The van der Waals surface area contributed by atoms with E-state index in [1.54, 1.807) is 22.7 Å². The van der Waals surface area contributed by atoms with E-state index in [0.717, 1.165) is 31.2 Å². The zero-order chi connectivity index (χ0) is 23.5. The lowest BCUT2D eigenvalue weighted by Crippen LogP contribution is -2.46. The van der Waals surface area contributed by atoms with E-state index < -0.39 is 17.8 Å². The minimum atomic E-state index is -0.602. The van der Waals surface area contributed by atoms with Crippen LogP contribution in [-0.4, -0.2) is 44.3 Å². The number of halogens is 1. The topological polar surface area (TPSA) is 144 Å². The van der Waals surface area contributed by atoms with Crippen molar-refractivity contribution < 1.29 is 14.4 Å². The molecule has 1 aliphatic carbocycles. The van der Waals surface area contributed by atoms with E-state index in [1.165, 1.54) is 13.1 Å². The van der Waals surface area contributed by atoms with Crippen LogP contribution in [0.4, 0.5) is 10.6 Å². The van der Waals surface area contributed by atoms with Crippen LogP contribution in [0.15, 0.2) is 36.7 Å². The van der Waals surface area contributed by atoms with E-state index in [9.17, 15) is 14.4 Å². The van der Waals surface area contributed by atoms with Gasteiger partial charge < -0.3 is 16.4 Å². The molecule has 11 heteroatoms. The largest absolute Gasteiger partial charge is 0.364 e. The molecule has 0 unspecified atom stereocenters. The number of amides is 4. The zero-order valence-electron chi connectivity index (χ0n) is 18.0. The number of carbonyl (C=O) groups is 3. The summed E-state index contributed by atoms with van der Waals surface area (Å²) in [5.41, 5.74) is 7.78. The zero-order valence-corrected chi connectivity index (χ0v) is 18.7. The van der Waals surface area contributed by atoms with Crippen molar-refractivity contribution in [2.45, 2.75) is 44.7 Å². The molecule has 3 aromatic rings. The van der Waals surface area contributed by atoms with E-state index >= 15 is 0 Å². The van der Waals surface area contributed by atoms with Crippen LogP contribution in [0.3, 0.4) is 0 Å². The minimum Gasteiger partial charge on any atom is -0.364 e. The number of imide groups is 1. The average Bonchev–Trinajstić information content (AvgIpc) is 3.20. The first kappa shape index (κ1) is 22.5. The van der Waals surface area contributed by atoms with Gasteiger partial charge in [0.25, 0.3) is 5.91 Å². The number of imidazole rings is 1. The maximum atomic E-state index is 11.9. The third-order valence-electron chi connectivity index (χ3n) is 5.58. The second-order valence-corrected chi connectivity index (χ2v) is 8.47. The number of anilines is 1. The second-order valence-electron chi connectivity index (χ2n) is 8.03. The van der Waals surface area contributed by atoms with Crippen LogP contribution < -0.4 is 21.7 Å². The molecule has 0 spiro atoms. The number of fused-ring (bicyclic) bond motifs is 1. The lowest BCUT2D eigenvalue weighted by atomic mass is 9.91. The fraction of sp³-hybridized carbons (Fsp3) is 0.318. The molecule has 2 heterocycles. The molecular formula is C22H24ClN7O3. The molecule has 4 amide bonds. The van der Waals surface area contributed by atoms with Gasteiger partial charge in [-0.05, 0) is 37.8 Å². The first-order valence-electron chi connectivity index (χ1n) is 10.6. The normalized spacial score (nSPS) is 18.0. The first-order valence-corrected chi connectivity index (χ1v) is 11.0. The molecular weight excluding hydrogens is 446 g/mol. The maximum Gasteiger partial charge on any atom is 0.321 e. The van der Waals surface area contributed by atoms with Crippen molar-refractivity contribution in [1.29, 1.82) is 0 Å². The van der Waals surface area contributed by atoms with E-state index in [0.29, 0.717) is 22.2 Å². The molecule has 0 radical (unpaired) electrons. The van der Waals surface area contributed by atoms with E-state index in [-0.39, 0.29) is 17.8 Å². The Morgan fingerprint density at radius 3 is 2.39 bits per heavy atom. The van der Waals surface area contributed by atoms with Crippen LogP contribution in [0.5, 0.6) is 0 Å². The number of aromatic nitrogens is 3. The fourth-order valence-electron chi connectivity index (χ4n) is 3.98. The van der Waals surface area contributed by atoms with Crippen LogP contribution >= 0.6 is 11.6 Å². The molecule has 5 N–H and O–H groups in total. The van der Waals surface area contributed by atoms with Gasteiger partial charge in [-0.25, -0.2) is 14.8 Å². The number of rotatable bonds is 5. The molecule has 1 fully saturated rings. The lowest BCUT2D eigenvalue weighted by molar-refractivity contribution is -0.117. The summed E-state index contributed by atoms with van der Waals surface area (Å²) in [6, 6.07) is 6.89. The Bertz CT molecular complexity index is 1200. The molecule has 0 aliphatic heterocycles. The highest BCUT2D eigenvalue weighted by Gasteiger charge is 2.24. The Labute approximate surface area is 194 Å². The number of urea groups is 1. The van der Waals surface area contributed by atoms with Crippen molar-refractivity contribution in [2.75, 3.05) is 5.32 Å². The van der Waals surface area contributed by atoms with Crippen molar-refractivity contribution in [1.82, 2.24) is 25.0 Å². The molecule has 0 saturated heterocycles. The minimum absolute atomic E-state index is 0.00412. The van der Waals surface area contributed by atoms with Gasteiger partial charge >= 0.3 is 6.03 Å². The summed E-state index contributed by atoms with van der Waals surface area (Å²) in [4.78, 5) is 43.8. The maximum absolute atomic E-state index is 11.9. The van der Waals surface area contributed by atoms with Crippen molar-refractivity contribution in [3.63, 3.8) is 0 Å². The number of hydrogen-bond donors (Lipinski definition) is 4. The van der Waals surface area contributed by atoms with Crippen LogP contribution in [0, 0.1) is 0 Å². The third-order valence-corrected chi connectivity index (χ3v) is 5.83. The number of primary amides is 1. The standard InChI is InChI=1S/C22H24ClN7O3/c1-12(31)26-22(33)28-16-8-6-15(7-9-16)27-20-21-29-17(13-2-4-14(23)5-3-13)11-30(21)18(10-25-20)19(24)32/h2-5,10-11,15-16H,6-9H2,1H3,(H2,24,32)(H,25,27)(H2,26,28,31,33). The third kappa shape index (κ3) is 5.23. The summed E-state index contributed by atoms with van der Waals surface area (Å²) in [5.74, 6) is -0.449. The van der Waals surface area contributed by atoms with Gasteiger partial charge in [0.1, 0.15) is 5.69 Å². The highest BCUT2D eigenvalue weighted by atomic mass is 35.5. The van der Waals surface area contributed by atoms with Crippen molar-refractivity contribution in [2.24, 2.45) is 5.73 Å². The molecule has 1 saturated carbocycles. The molecule has 4 rings (SSSR count). The molecule has 33 heavy (non-hydrogen) atoms. The number of nitrogens with two attached hydrogens (primary N) is 1. The molecule has 1 aromatic carbocycles. The summed E-state index contributed by atoms with van der Waals surface area (Å²) >= 11 is 5.99. The SMILES string of the molecule is CC(=O)NC(=O)NC1CCC(Nc2ncc(C(N)=O)n3cc(-c4ccc(Cl)cc4)nc23)CC1. The molecule has 2 aromatic heterocycles. The summed E-state index contributed by atoms with van der Waals surface area (Å²) in [6.07, 6.45) is 6.28. The van der Waals surface area contributed by atoms with Crippen LogP contribution in [0.1, 0.15) is 43.1 Å². The predicted molar refractivity (Wildman–Crippen MR) is 124 cm³/mol. The Morgan fingerprint density at radius 1 is 1.09 bits per heavy atom. The van der Waals surface area contributed by atoms with Crippen LogP contribution in [0.2, 0.25) is 5.02 Å². The quantitative estimate of drug-likeness (QED) is 0.452. The summed E-state index contributed by atoms with van der Waals surface area (Å²) in [7, 11) is 0. The second kappa shape index (κ2) is 9.45. The number of hydrogen-bond acceptors (Lipinski definition) is 6.